The second-order valence-electron chi connectivity index (χ2n) is 3.71. The lowest BCUT2D eigenvalue weighted by Crippen LogP contribution is -2.08. The van der Waals surface area contributed by atoms with Crippen molar-refractivity contribution in [1.29, 1.82) is 0 Å². The predicted molar refractivity (Wildman–Crippen MR) is 66.5 cm³/mol. The van der Waals surface area contributed by atoms with Crippen LogP contribution in [0.4, 0.5) is 5.82 Å². The fourth-order valence-corrected chi connectivity index (χ4v) is 1.45. The fraction of sp³-hybridized carbons (Fsp3) is 0.417. The van der Waals surface area contributed by atoms with Gasteiger partial charge in [0, 0.05) is 19.2 Å². The van der Waals surface area contributed by atoms with Crippen molar-refractivity contribution in [2.45, 2.75) is 19.8 Å². The SMILES string of the molecule is CCCOc1cccnc1NCCc1ncno1. The number of hydrogen-bond acceptors (Lipinski definition) is 6. The smallest absolute Gasteiger partial charge is 0.228 e. The van der Waals surface area contributed by atoms with Crippen molar-refractivity contribution < 1.29 is 9.26 Å². The summed E-state index contributed by atoms with van der Waals surface area (Å²) >= 11 is 0. The molecule has 6 nitrogen and oxygen atoms in total. The Morgan fingerprint density at radius 2 is 2.33 bits per heavy atom. The third-order valence-electron chi connectivity index (χ3n) is 2.27. The maximum Gasteiger partial charge on any atom is 0.228 e. The van der Waals surface area contributed by atoms with Crippen LogP contribution in [0.2, 0.25) is 0 Å². The van der Waals surface area contributed by atoms with E-state index >= 15 is 0 Å². The lowest BCUT2D eigenvalue weighted by Gasteiger charge is -2.10. The minimum absolute atomic E-state index is 0.606. The molecule has 0 aliphatic rings. The van der Waals surface area contributed by atoms with Gasteiger partial charge in [0.25, 0.3) is 0 Å². The van der Waals surface area contributed by atoms with Gasteiger partial charge in [-0.05, 0) is 18.6 Å². The highest BCUT2D eigenvalue weighted by Gasteiger charge is 2.04. The van der Waals surface area contributed by atoms with E-state index < -0.39 is 0 Å². The molecule has 0 amide bonds. The summed E-state index contributed by atoms with van der Waals surface area (Å²) in [7, 11) is 0. The Bertz CT molecular complexity index is 459. The van der Waals surface area contributed by atoms with Crippen LogP contribution in [0.25, 0.3) is 0 Å². The van der Waals surface area contributed by atoms with Gasteiger partial charge in [-0.2, -0.15) is 4.98 Å². The number of aromatic nitrogens is 3. The van der Waals surface area contributed by atoms with Crippen LogP contribution in [0.3, 0.4) is 0 Å². The van der Waals surface area contributed by atoms with Crippen molar-refractivity contribution in [3.05, 3.63) is 30.5 Å². The number of nitrogens with zero attached hydrogens (tertiary/aromatic N) is 3. The molecular weight excluding hydrogens is 232 g/mol. The Labute approximate surface area is 105 Å². The van der Waals surface area contributed by atoms with Gasteiger partial charge in [0.2, 0.25) is 5.89 Å². The molecule has 0 bridgehead atoms. The molecule has 0 atom stereocenters. The lowest BCUT2D eigenvalue weighted by atomic mass is 10.4. The van der Waals surface area contributed by atoms with Gasteiger partial charge < -0.3 is 14.6 Å². The Morgan fingerprint density at radius 1 is 1.39 bits per heavy atom. The zero-order chi connectivity index (χ0) is 12.6. The van der Waals surface area contributed by atoms with Crippen LogP contribution in [-0.4, -0.2) is 28.3 Å². The molecule has 2 aromatic rings. The van der Waals surface area contributed by atoms with Crippen LogP contribution in [-0.2, 0) is 6.42 Å². The summed E-state index contributed by atoms with van der Waals surface area (Å²) in [6.45, 7) is 3.42. The van der Waals surface area contributed by atoms with Crippen molar-refractivity contribution in [3.63, 3.8) is 0 Å². The van der Waals surface area contributed by atoms with Crippen LogP contribution >= 0.6 is 0 Å². The summed E-state index contributed by atoms with van der Waals surface area (Å²) in [6.07, 6.45) is 4.75. The molecule has 2 heterocycles. The van der Waals surface area contributed by atoms with E-state index in [-0.39, 0.29) is 0 Å². The number of ether oxygens (including phenoxy) is 1. The molecule has 0 radical (unpaired) electrons. The topological polar surface area (TPSA) is 73.1 Å². The molecule has 0 aliphatic carbocycles. The molecule has 18 heavy (non-hydrogen) atoms. The van der Waals surface area contributed by atoms with E-state index in [4.69, 9.17) is 9.26 Å². The molecule has 0 saturated carbocycles. The Morgan fingerprint density at radius 3 is 3.11 bits per heavy atom. The van der Waals surface area contributed by atoms with Crippen molar-refractivity contribution >= 4 is 5.82 Å². The average Bonchev–Trinajstić information content (AvgIpc) is 2.91. The molecule has 96 valence electrons. The molecule has 2 rings (SSSR count). The molecule has 1 N–H and O–H groups in total. The fourth-order valence-electron chi connectivity index (χ4n) is 1.45. The second kappa shape index (κ2) is 6.58. The quantitative estimate of drug-likeness (QED) is 0.806. The summed E-state index contributed by atoms with van der Waals surface area (Å²) < 4.78 is 10.5. The van der Waals surface area contributed by atoms with Crippen LogP contribution in [0.1, 0.15) is 19.2 Å². The van der Waals surface area contributed by atoms with Gasteiger partial charge in [0.15, 0.2) is 17.9 Å². The number of pyridine rings is 1. The van der Waals surface area contributed by atoms with Gasteiger partial charge in [0.1, 0.15) is 0 Å². The molecule has 2 aromatic heterocycles. The summed E-state index contributed by atoms with van der Waals surface area (Å²) in [5.41, 5.74) is 0. The van der Waals surface area contributed by atoms with Gasteiger partial charge >= 0.3 is 0 Å². The first-order valence-electron chi connectivity index (χ1n) is 5.97. The molecule has 0 fully saturated rings. The first-order chi connectivity index (χ1) is 8.90. The van der Waals surface area contributed by atoms with E-state index in [0.29, 0.717) is 25.5 Å². The highest BCUT2D eigenvalue weighted by Crippen LogP contribution is 2.20. The zero-order valence-corrected chi connectivity index (χ0v) is 10.3. The Hall–Kier alpha value is -2.11. The molecule has 0 aliphatic heterocycles. The highest BCUT2D eigenvalue weighted by atomic mass is 16.5. The van der Waals surface area contributed by atoms with Crippen LogP contribution in [0, 0.1) is 0 Å². The van der Waals surface area contributed by atoms with Gasteiger partial charge in [-0.25, -0.2) is 4.98 Å². The van der Waals surface area contributed by atoms with Crippen molar-refractivity contribution in [2.75, 3.05) is 18.5 Å². The lowest BCUT2D eigenvalue weighted by molar-refractivity contribution is 0.317. The summed E-state index contributed by atoms with van der Waals surface area (Å²) in [4.78, 5) is 8.20. The van der Waals surface area contributed by atoms with Gasteiger partial charge in [-0.1, -0.05) is 12.1 Å². The third-order valence-corrected chi connectivity index (χ3v) is 2.27. The van der Waals surface area contributed by atoms with E-state index in [1.807, 2.05) is 12.1 Å². The van der Waals surface area contributed by atoms with E-state index in [1.165, 1.54) is 6.33 Å². The normalized spacial score (nSPS) is 10.3. The number of hydrogen-bond donors (Lipinski definition) is 1. The van der Waals surface area contributed by atoms with E-state index in [9.17, 15) is 0 Å². The van der Waals surface area contributed by atoms with Gasteiger partial charge in [-0.15, -0.1) is 0 Å². The minimum atomic E-state index is 0.606. The number of anilines is 1. The van der Waals surface area contributed by atoms with E-state index in [0.717, 1.165) is 18.0 Å². The van der Waals surface area contributed by atoms with E-state index in [1.54, 1.807) is 6.20 Å². The first-order valence-corrected chi connectivity index (χ1v) is 5.97. The monoisotopic (exact) mass is 248 g/mol. The van der Waals surface area contributed by atoms with Crippen molar-refractivity contribution in [2.24, 2.45) is 0 Å². The summed E-state index contributed by atoms with van der Waals surface area (Å²) in [5, 5.41) is 6.75. The third kappa shape index (κ3) is 3.44. The van der Waals surface area contributed by atoms with Gasteiger partial charge in [0.05, 0.1) is 6.61 Å². The zero-order valence-electron chi connectivity index (χ0n) is 10.3. The maximum absolute atomic E-state index is 5.60. The summed E-state index contributed by atoms with van der Waals surface area (Å²) in [6, 6.07) is 3.76. The maximum atomic E-state index is 5.60. The van der Waals surface area contributed by atoms with Crippen LogP contribution in [0.5, 0.6) is 5.75 Å². The standard InChI is InChI=1S/C12H16N4O2/c1-2-8-17-10-4-3-6-13-12(10)14-7-5-11-15-9-16-18-11/h3-4,6,9H,2,5,7-8H2,1H3,(H,13,14). The predicted octanol–water partition coefficient (Wildman–Crippen LogP) is 1.91. The molecule has 6 heteroatoms. The Balaban J connectivity index is 1.87. The molecule has 0 spiro atoms. The number of rotatable bonds is 7. The molecular formula is C12H16N4O2. The van der Waals surface area contributed by atoms with E-state index in [2.05, 4.69) is 27.4 Å². The van der Waals surface area contributed by atoms with Gasteiger partial charge in [-0.3, -0.25) is 0 Å². The molecule has 0 saturated heterocycles. The number of nitrogens with one attached hydrogen (secondary N) is 1. The van der Waals surface area contributed by atoms with Crippen LogP contribution in [0.15, 0.2) is 29.2 Å². The first kappa shape index (κ1) is 12.3. The second-order valence-corrected chi connectivity index (χ2v) is 3.71. The van der Waals surface area contributed by atoms with Crippen molar-refractivity contribution in [1.82, 2.24) is 15.1 Å². The summed E-state index contributed by atoms with van der Waals surface area (Å²) in [5.74, 6) is 2.12. The molecule has 0 aromatic carbocycles. The Kier molecular flexibility index (Phi) is 4.52. The van der Waals surface area contributed by atoms with Crippen molar-refractivity contribution in [3.8, 4) is 5.75 Å². The highest BCUT2D eigenvalue weighted by molar-refractivity contribution is 5.49. The largest absolute Gasteiger partial charge is 0.490 e. The minimum Gasteiger partial charge on any atom is -0.490 e. The van der Waals surface area contributed by atoms with Crippen LogP contribution < -0.4 is 10.1 Å². The average molecular weight is 248 g/mol. The molecule has 0 unspecified atom stereocenters.